The number of aryl methyl sites for hydroxylation is 2. The molecule has 5 rings (SSSR count). The maximum absolute atomic E-state index is 13.7. The summed E-state index contributed by atoms with van der Waals surface area (Å²) in [5.74, 6) is -0.579. The van der Waals surface area contributed by atoms with Gasteiger partial charge in [0.2, 0.25) is 0 Å². The first-order valence-electron chi connectivity index (χ1n) is 11.3. The molecule has 0 radical (unpaired) electrons. The number of para-hydroxylation sites is 1. The Morgan fingerprint density at radius 1 is 0.750 bits per heavy atom. The van der Waals surface area contributed by atoms with Crippen LogP contribution in [0.5, 0.6) is 0 Å². The Kier molecular flexibility index (Phi) is 6.59. The molecule has 2 heterocycles. The Bertz CT molecular complexity index is 1490. The van der Waals surface area contributed by atoms with Crippen LogP contribution in [-0.2, 0) is 9.59 Å². The van der Waals surface area contributed by atoms with Crippen LogP contribution < -0.4 is 9.80 Å². The SMILES string of the molecule is Cc1ccc(N2C(=O)/C(=C\c3ccc(Sc4ccccc4)o3)C(=O)N(c3ccccc3)C2=S)cc1C. The smallest absolute Gasteiger partial charge is 0.270 e. The van der Waals surface area contributed by atoms with E-state index in [1.54, 1.807) is 18.2 Å². The average Bonchev–Trinajstić information content (AvgIpc) is 3.32. The fourth-order valence-corrected chi connectivity index (χ4v) is 5.02. The highest BCUT2D eigenvalue weighted by Gasteiger charge is 2.41. The molecular formula is C29H22N2O3S2. The zero-order valence-corrected chi connectivity index (χ0v) is 21.3. The molecule has 0 unspecified atom stereocenters. The summed E-state index contributed by atoms with van der Waals surface area (Å²) in [5.41, 5.74) is 3.27. The molecule has 0 N–H and O–H groups in total. The van der Waals surface area contributed by atoms with Gasteiger partial charge in [-0.15, -0.1) is 0 Å². The maximum Gasteiger partial charge on any atom is 0.270 e. The highest BCUT2D eigenvalue weighted by molar-refractivity contribution is 7.99. The quantitative estimate of drug-likeness (QED) is 0.168. The molecule has 3 aromatic carbocycles. The second-order valence-corrected chi connectivity index (χ2v) is 9.74. The van der Waals surface area contributed by atoms with E-state index in [4.69, 9.17) is 16.6 Å². The second kappa shape index (κ2) is 9.97. The van der Waals surface area contributed by atoms with Crippen LogP contribution in [-0.4, -0.2) is 16.9 Å². The summed E-state index contributed by atoms with van der Waals surface area (Å²) in [6, 6.07) is 28.2. The van der Waals surface area contributed by atoms with E-state index in [0.717, 1.165) is 16.0 Å². The van der Waals surface area contributed by atoms with E-state index >= 15 is 0 Å². The van der Waals surface area contributed by atoms with Gasteiger partial charge in [-0.3, -0.25) is 19.4 Å². The van der Waals surface area contributed by atoms with Gasteiger partial charge in [0.25, 0.3) is 11.8 Å². The van der Waals surface area contributed by atoms with Crippen molar-refractivity contribution in [3.63, 3.8) is 0 Å². The molecule has 178 valence electrons. The summed E-state index contributed by atoms with van der Waals surface area (Å²) in [5, 5.41) is 0.765. The van der Waals surface area contributed by atoms with Crippen molar-refractivity contribution in [2.24, 2.45) is 0 Å². The molecule has 0 atom stereocenters. The lowest BCUT2D eigenvalue weighted by molar-refractivity contribution is -0.120. The Morgan fingerprint density at radius 3 is 2.06 bits per heavy atom. The van der Waals surface area contributed by atoms with Gasteiger partial charge < -0.3 is 4.42 Å². The van der Waals surface area contributed by atoms with Crippen molar-refractivity contribution in [1.29, 1.82) is 0 Å². The van der Waals surface area contributed by atoms with Gasteiger partial charge in [-0.2, -0.15) is 0 Å². The topological polar surface area (TPSA) is 53.8 Å². The van der Waals surface area contributed by atoms with Gasteiger partial charge in [0.05, 0.1) is 11.4 Å². The van der Waals surface area contributed by atoms with Gasteiger partial charge in [0.15, 0.2) is 10.2 Å². The van der Waals surface area contributed by atoms with Crippen LogP contribution in [0.3, 0.4) is 0 Å². The normalized spacial score (nSPS) is 15.2. The lowest BCUT2D eigenvalue weighted by Crippen LogP contribution is -2.57. The fraction of sp³-hybridized carbons (Fsp3) is 0.0690. The number of anilines is 2. The molecule has 1 fully saturated rings. The number of thiocarbonyl (C=S) groups is 1. The highest BCUT2D eigenvalue weighted by Crippen LogP contribution is 2.33. The van der Waals surface area contributed by atoms with Crippen LogP contribution in [0.15, 0.2) is 111 Å². The number of hydrogen-bond acceptors (Lipinski definition) is 5. The van der Waals surface area contributed by atoms with E-state index in [2.05, 4.69) is 0 Å². The first-order chi connectivity index (χ1) is 17.4. The number of rotatable bonds is 5. The van der Waals surface area contributed by atoms with Gasteiger partial charge in [-0.05, 0) is 91.8 Å². The first kappa shape index (κ1) is 23.8. The number of benzene rings is 3. The summed E-state index contributed by atoms with van der Waals surface area (Å²) in [4.78, 5) is 31.1. The van der Waals surface area contributed by atoms with Crippen LogP contribution in [0.25, 0.3) is 6.08 Å². The molecule has 0 aliphatic carbocycles. The fourth-order valence-electron chi connectivity index (χ4n) is 3.84. The van der Waals surface area contributed by atoms with Gasteiger partial charge in [-0.1, -0.05) is 54.2 Å². The maximum atomic E-state index is 13.7. The lowest BCUT2D eigenvalue weighted by atomic mass is 10.1. The van der Waals surface area contributed by atoms with E-state index in [1.807, 2.05) is 86.6 Å². The molecule has 7 heteroatoms. The van der Waals surface area contributed by atoms with Crippen LogP contribution in [0.1, 0.15) is 16.9 Å². The predicted molar refractivity (Wildman–Crippen MR) is 147 cm³/mol. The molecule has 4 aromatic rings. The van der Waals surface area contributed by atoms with E-state index in [0.29, 0.717) is 22.2 Å². The molecule has 1 aliphatic heterocycles. The predicted octanol–water partition coefficient (Wildman–Crippen LogP) is 6.80. The standard InChI is InChI=1S/C29H22N2O3S2/c1-19-13-14-22(17-20(19)2)31-28(33)25(27(32)30(29(31)35)21-9-5-3-6-10-21)18-23-15-16-26(34-23)36-24-11-7-4-8-12-24/h3-18H,1-2H3/b25-18-. The summed E-state index contributed by atoms with van der Waals surface area (Å²) >= 11 is 7.16. The zero-order valence-electron chi connectivity index (χ0n) is 19.7. The highest BCUT2D eigenvalue weighted by atomic mass is 32.2. The van der Waals surface area contributed by atoms with Crippen LogP contribution in [0.4, 0.5) is 11.4 Å². The summed E-state index contributed by atoms with van der Waals surface area (Å²) < 4.78 is 5.94. The molecular weight excluding hydrogens is 488 g/mol. The van der Waals surface area contributed by atoms with Crippen LogP contribution >= 0.6 is 24.0 Å². The molecule has 0 bridgehead atoms. The van der Waals surface area contributed by atoms with E-state index in [9.17, 15) is 9.59 Å². The summed E-state index contributed by atoms with van der Waals surface area (Å²) in [7, 11) is 0. The number of nitrogens with zero attached hydrogens (tertiary/aromatic N) is 2. The molecule has 2 amide bonds. The van der Waals surface area contributed by atoms with Gasteiger partial charge in [0.1, 0.15) is 11.3 Å². The number of amides is 2. The molecule has 36 heavy (non-hydrogen) atoms. The minimum absolute atomic E-state index is 0.0312. The lowest BCUT2D eigenvalue weighted by Gasteiger charge is -2.36. The first-order valence-corrected chi connectivity index (χ1v) is 12.5. The minimum Gasteiger partial charge on any atom is -0.450 e. The molecule has 0 spiro atoms. The summed E-state index contributed by atoms with van der Waals surface area (Å²) in [6.45, 7) is 3.98. The third kappa shape index (κ3) is 4.63. The number of carbonyl (C=O) groups excluding carboxylic acids is 2. The third-order valence-corrected chi connectivity index (χ3v) is 7.16. The molecule has 0 saturated carbocycles. The Morgan fingerprint density at radius 2 is 1.39 bits per heavy atom. The number of carbonyl (C=O) groups is 2. The van der Waals surface area contributed by atoms with Crippen molar-refractivity contribution in [3.8, 4) is 0 Å². The van der Waals surface area contributed by atoms with Crippen molar-refractivity contribution in [1.82, 2.24) is 0 Å². The monoisotopic (exact) mass is 510 g/mol. The van der Waals surface area contributed by atoms with E-state index in [-0.39, 0.29) is 10.7 Å². The van der Waals surface area contributed by atoms with Crippen molar-refractivity contribution < 1.29 is 14.0 Å². The second-order valence-electron chi connectivity index (χ2n) is 8.30. The van der Waals surface area contributed by atoms with Gasteiger partial charge in [-0.25, -0.2) is 0 Å². The van der Waals surface area contributed by atoms with Crippen LogP contribution in [0, 0.1) is 13.8 Å². The Labute approximate surface area is 219 Å². The third-order valence-electron chi connectivity index (χ3n) is 5.86. The molecule has 1 aromatic heterocycles. The average molecular weight is 511 g/mol. The van der Waals surface area contributed by atoms with E-state index < -0.39 is 11.8 Å². The zero-order chi connectivity index (χ0) is 25.2. The molecule has 1 saturated heterocycles. The van der Waals surface area contributed by atoms with Crippen LogP contribution in [0.2, 0.25) is 0 Å². The van der Waals surface area contributed by atoms with Crippen molar-refractivity contribution >= 4 is 58.4 Å². The van der Waals surface area contributed by atoms with Crippen molar-refractivity contribution in [2.45, 2.75) is 23.8 Å². The van der Waals surface area contributed by atoms with E-state index in [1.165, 1.54) is 27.6 Å². The summed E-state index contributed by atoms with van der Waals surface area (Å²) in [6.07, 6.45) is 1.49. The number of furan rings is 1. The Balaban J connectivity index is 1.56. The largest absolute Gasteiger partial charge is 0.450 e. The molecule has 1 aliphatic rings. The van der Waals surface area contributed by atoms with Crippen molar-refractivity contribution in [3.05, 3.63) is 113 Å². The van der Waals surface area contributed by atoms with Crippen molar-refractivity contribution in [2.75, 3.05) is 9.80 Å². The van der Waals surface area contributed by atoms with Gasteiger partial charge >= 0.3 is 0 Å². The number of hydrogen-bond donors (Lipinski definition) is 0. The molecule has 5 nitrogen and oxygen atoms in total. The Hall–Kier alpha value is -3.94. The minimum atomic E-state index is -0.495. The van der Waals surface area contributed by atoms with Gasteiger partial charge in [0, 0.05) is 4.90 Å².